The first-order valence-corrected chi connectivity index (χ1v) is 8.56. The van der Waals surface area contributed by atoms with Gasteiger partial charge in [-0.2, -0.15) is 0 Å². The Balaban J connectivity index is 2.05. The maximum atomic E-state index is 12.8. The summed E-state index contributed by atoms with van der Waals surface area (Å²) in [5, 5.41) is 0. The monoisotopic (exact) mass is 341 g/mol. The van der Waals surface area contributed by atoms with Crippen LogP contribution in [0.25, 0.3) is 0 Å². The van der Waals surface area contributed by atoms with E-state index in [-0.39, 0.29) is 5.91 Å². The van der Waals surface area contributed by atoms with E-state index in [0.717, 1.165) is 28.2 Å². The number of ether oxygens (including phenoxy) is 2. The second-order valence-corrected chi connectivity index (χ2v) is 6.33. The summed E-state index contributed by atoms with van der Waals surface area (Å²) in [4.78, 5) is 14.5. The zero-order chi connectivity index (χ0) is 18.4. The molecular weight excluding hydrogens is 314 g/mol. The summed E-state index contributed by atoms with van der Waals surface area (Å²) in [5.74, 6) is 1.57. The summed E-state index contributed by atoms with van der Waals surface area (Å²) in [6.45, 7) is 6.52. The number of hydrogen-bond acceptors (Lipinski definition) is 3. The lowest BCUT2D eigenvalue weighted by Gasteiger charge is -2.24. The highest BCUT2D eigenvalue weighted by Crippen LogP contribution is 2.22. The van der Waals surface area contributed by atoms with Crippen LogP contribution in [0.2, 0.25) is 0 Å². The van der Waals surface area contributed by atoms with Crippen molar-refractivity contribution in [1.29, 1.82) is 0 Å². The topological polar surface area (TPSA) is 38.8 Å². The number of nitrogens with zero attached hydrogens (tertiary/aromatic N) is 1. The van der Waals surface area contributed by atoms with E-state index in [1.807, 2.05) is 70.3 Å². The van der Waals surface area contributed by atoms with Gasteiger partial charge in [0.1, 0.15) is 11.5 Å². The third-order valence-electron chi connectivity index (χ3n) is 4.21. The predicted octanol–water partition coefficient (Wildman–Crippen LogP) is 4.13. The van der Waals surface area contributed by atoms with Crippen molar-refractivity contribution >= 4 is 5.91 Å². The molecule has 0 unspecified atom stereocenters. The number of aryl methyl sites for hydroxylation is 2. The largest absolute Gasteiger partial charge is 0.497 e. The molecule has 4 heteroatoms. The molecule has 0 aromatic heterocycles. The van der Waals surface area contributed by atoms with Gasteiger partial charge in [-0.1, -0.05) is 31.2 Å². The van der Waals surface area contributed by atoms with Gasteiger partial charge in [-0.15, -0.1) is 0 Å². The van der Waals surface area contributed by atoms with Crippen LogP contribution in [0.5, 0.6) is 11.5 Å². The van der Waals surface area contributed by atoms with Crippen molar-refractivity contribution in [3.8, 4) is 11.5 Å². The van der Waals surface area contributed by atoms with Crippen LogP contribution in [-0.4, -0.2) is 31.1 Å². The number of benzene rings is 2. The summed E-state index contributed by atoms with van der Waals surface area (Å²) in [6, 6.07) is 13.8. The molecule has 134 valence electrons. The molecule has 0 aliphatic rings. The minimum absolute atomic E-state index is 0.0146. The first kappa shape index (κ1) is 18.8. The van der Waals surface area contributed by atoms with Gasteiger partial charge in [0, 0.05) is 13.6 Å². The molecule has 0 fully saturated rings. The molecule has 0 saturated carbocycles. The van der Waals surface area contributed by atoms with Gasteiger partial charge < -0.3 is 14.4 Å². The Morgan fingerprint density at radius 3 is 2.40 bits per heavy atom. The number of rotatable bonds is 7. The van der Waals surface area contributed by atoms with E-state index in [0.29, 0.717) is 13.0 Å². The van der Waals surface area contributed by atoms with E-state index in [1.54, 1.807) is 12.0 Å². The van der Waals surface area contributed by atoms with Crippen LogP contribution in [0.1, 0.15) is 30.0 Å². The Labute approximate surface area is 150 Å². The molecule has 4 nitrogen and oxygen atoms in total. The van der Waals surface area contributed by atoms with Gasteiger partial charge in [0.15, 0.2) is 6.10 Å². The van der Waals surface area contributed by atoms with Crippen molar-refractivity contribution in [3.63, 3.8) is 0 Å². The molecule has 2 aromatic carbocycles. The van der Waals surface area contributed by atoms with E-state index in [9.17, 15) is 4.79 Å². The molecule has 0 bridgehead atoms. The molecular formula is C21H27NO3. The number of methoxy groups -OCH3 is 1. The summed E-state index contributed by atoms with van der Waals surface area (Å²) in [5.41, 5.74) is 3.21. The van der Waals surface area contributed by atoms with Crippen molar-refractivity contribution in [2.75, 3.05) is 14.2 Å². The lowest BCUT2D eigenvalue weighted by molar-refractivity contribution is -0.138. The number of likely N-dealkylation sites (N-methyl/N-ethyl adjacent to an activating group) is 1. The fourth-order valence-corrected chi connectivity index (χ4v) is 2.62. The normalized spacial score (nSPS) is 11.7. The average Bonchev–Trinajstić information content (AvgIpc) is 2.62. The van der Waals surface area contributed by atoms with Crippen molar-refractivity contribution in [1.82, 2.24) is 4.90 Å². The lowest BCUT2D eigenvalue weighted by Crippen LogP contribution is -2.39. The summed E-state index contributed by atoms with van der Waals surface area (Å²) in [7, 11) is 3.45. The second-order valence-electron chi connectivity index (χ2n) is 6.33. The second kappa shape index (κ2) is 8.56. The number of carbonyl (C=O) groups excluding carboxylic acids is 1. The fraction of sp³-hybridized carbons (Fsp3) is 0.381. The SMILES string of the molecule is CC[C@H](Oc1cc(C)ccc1C)C(=O)N(C)Cc1ccc(OC)cc1. The van der Waals surface area contributed by atoms with Crippen molar-refractivity contribution in [2.45, 2.75) is 39.8 Å². The first-order valence-electron chi connectivity index (χ1n) is 8.56. The van der Waals surface area contributed by atoms with Crippen LogP contribution in [0, 0.1) is 13.8 Å². The maximum Gasteiger partial charge on any atom is 0.263 e. The average molecular weight is 341 g/mol. The third kappa shape index (κ3) is 4.99. The molecule has 25 heavy (non-hydrogen) atoms. The fourth-order valence-electron chi connectivity index (χ4n) is 2.62. The van der Waals surface area contributed by atoms with Gasteiger partial charge in [0.2, 0.25) is 0 Å². The molecule has 0 N–H and O–H groups in total. The molecule has 0 heterocycles. The molecule has 0 aliphatic carbocycles. The predicted molar refractivity (Wildman–Crippen MR) is 100 cm³/mol. The van der Waals surface area contributed by atoms with Crippen LogP contribution < -0.4 is 9.47 Å². The Morgan fingerprint density at radius 1 is 1.12 bits per heavy atom. The van der Waals surface area contributed by atoms with E-state index >= 15 is 0 Å². The van der Waals surface area contributed by atoms with E-state index in [1.165, 1.54) is 0 Å². The van der Waals surface area contributed by atoms with Crippen molar-refractivity contribution < 1.29 is 14.3 Å². The Kier molecular flexibility index (Phi) is 6.45. The molecule has 0 spiro atoms. The molecule has 1 amide bonds. The van der Waals surface area contributed by atoms with Gasteiger partial charge in [-0.3, -0.25) is 4.79 Å². The standard InChI is InChI=1S/C21H27NO3/c1-6-19(25-20-13-15(2)7-8-16(20)3)21(23)22(4)14-17-9-11-18(24-5)12-10-17/h7-13,19H,6,14H2,1-5H3/t19-/m0/s1. The number of hydrogen-bond donors (Lipinski definition) is 0. The Morgan fingerprint density at radius 2 is 1.80 bits per heavy atom. The third-order valence-corrected chi connectivity index (χ3v) is 4.21. The van der Waals surface area contributed by atoms with Gasteiger partial charge in [-0.25, -0.2) is 0 Å². The number of amides is 1. The minimum Gasteiger partial charge on any atom is -0.497 e. The van der Waals surface area contributed by atoms with Gasteiger partial charge >= 0.3 is 0 Å². The first-order chi connectivity index (χ1) is 11.9. The highest BCUT2D eigenvalue weighted by atomic mass is 16.5. The number of carbonyl (C=O) groups is 1. The van der Waals surface area contributed by atoms with Crippen molar-refractivity contribution in [2.24, 2.45) is 0 Å². The summed E-state index contributed by atoms with van der Waals surface area (Å²) in [6.07, 6.45) is 0.142. The van der Waals surface area contributed by atoms with Crippen molar-refractivity contribution in [3.05, 3.63) is 59.2 Å². The van der Waals surface area contributed by atoms with Gasteiger partial charge in [0.05, 0.1) is 7.11 Å². The summed E-state index contributed by atoms with van der Waals surface area (Å²) >= 11 is 0. The lowest BCUT2D eigenvalue weighted by atomic mass is 10.1. The Bertz CT molecular complexity index is 710. The van der Waals surface area contributed by atoms with Crippen LogP contribution in [0.3, 0.4) is 0 Å². The van der Waals surface area contributed by atoms with E-state index < -0.39 is 6.10 Å². The molecule has 2 aromatic rings. The van der Waals surface area contributed by atoms with E-state index in [4.69, 9.17) is 9.47 Å². The van der Waals surface area contributed by atoms with Gasteiger partial charge in [-0.05, 0) is 55.2 Å². The summed E-state index contributed by atoms with van der Waals surface area (Å²) < 4.78 is 11.2. The maximum absolute atomic E-state index is 12.8. The highest BCUT2D eigenvalue weighted by Gasteiger charge is 2.23. The smallest absolute Gasteiger partial charge is 0.263 e. The van der Waals surface area contributed by atoms with Gasteiger partial charge in [0.25, 0.3) is 5.91 Å². The molecule has 0 aliphatic heterocycles. The van der Waals surface area contributed by atoms with E-state index in [2.05, 4.69) is 0 Å². The molecule has 2 rings (SSSR count). The molecule has 1 atom stereocenters. The Hall–Kier alpha value is -2.49. The zero-order valence-electron chi connectivity index (χ0n) is 15.7. The van der Waals surface area contributed by atoms with Crippen LogP contribution in [0.15, 0.2) is 42.5 Å². The molecule has 0 saturated heterocycles. The quantitative estimate of drug-likeness (QED) is 0.760. The molecule has 0 radical (unpaired) electrons. The zero-order valence-corrected chi connectivity index (χ0v) is 15.7. The highest BCUT2D eigenvalue weighted by molar-refractivity contribution is 5.81. The van der Waals surface area contributed by atoms with Crippen LogP contribution >= 0.6 is 0 Å². The van der Waals surface area contributed by atoms with Crippen LogP contribution in [0.4, 0.5) is 0 Å². The van der Waals surface area contributed by atoms with Crippen LogP contribution in [-0.2, 0) is 11.3 Å². The minimum atomic E-state index is -0.483.